The number of carbonyl (C=O) groups is 1. The Kier molecular flexibility index (Phi) is 5.36. The number of hydrogen-bond acceptors (Lipinski definition) is 4. The number of alkyl halides is 3. The first-order valence-electron chi connectivity index (χ1n) is 8.60. The van der Waals surface area contributed by atoms with Gasteiger partial charge in [-0.05, 0) is 17.7 Å². The van der Waals surface area contributed by atoms with Crippen LogP contribution >= 0.6 is 0 Å². The van der Waals surface area contributed by atoms with Gasteiger partial charge >= 0.3 is 6.18 Å². The molecule has 5 nitrogen and oxygen atoms in total. The van der Waals surface area contributed by atoms with E-state index in [9.17, 15) is 23.1 Å². The third-order valence-electron chi connectivity index (χ3n) is 4.73. The number of hydrogen-bond donors (Lipinski definition) is 1. The predicted octanol–water partition coefficient (Wildman–Crippen LogP) is 2.57. The van der Waals surface area contributed by atoms with Gasteiger partial charge in [0.05, 0.1) is 6.42 Å². The van der Waals surface area contributed by atoms with Crippen LogP contribution in [0.4, 0.5) is 19.0 Å². The van der Waals surface area contributed by atoms with Gasteiger partial charge in [0.25, 0.3) is 0 Å². The minimum absolute atomic E-state index is 0.276. The SMILES string of the molecule is O=C(C[C@](O)(c1ccccc1)C(F)(F)F)N1CCN(c2ccccn2)CC1. The van der Waals surface area contributed by atoms with Crippen LogP contribution in [0.5, 0.6) is 0 Å². The lowest BCUT2D eigenvalue weighted by molar-refractivity contribution is -0.268. The van der Waals surface area contributed by atoms with Crippen LogP contribution in [0.25, 0.3) is 0 Å². The molecule has 0 radical (unpaired) electrons. The van der Waals surface area contributed by atoms with E-state index in [1.54, 1.807) is 18.3 Å². The summed E-state index contributed by atoms with van der Waals surface area (Å²) < 4.78 is 40.7. The molecule has 1 aliphatic heterocycles. The van der Waals surface area contributed by atoms with Crippen molar-refractivity contribution in [3.8, 4) is 0 Å². The van der Waals surface area contributed by atoms with Gasteiger partial charge in [-0.1, -0.05) is 36.4 Å². The summed E-state index contributed by atoms with van der Waals surface area (Å²) in [5, 5.41) is 10.4. The Labute approximate surface area is 155 Å². The Balaban J connectivity index is 1.69. The summed E-state index contributed by atoms with van der Waals surface area (Å²) in [5.41, 5.74) is -3.54. The molecular weight excluding hydrogens is 359 g/mol. The van der Waals surface area contributed by atoms with Gasteiger partial charge < -0.3 is 14.9 Å². The Hall–Kier alpha value is -2.61. The zero-order chi connectivity index (χ0) is 19.5. The molecule has 0 bridgehead atoms. The molecule has 2 aromatic rings. The van der Waals surface area contributed by atoms with Crippen molar-refractivity contribution in [1.82, 2.24) is 9.88 Å². The lowest BCUT2D eigenvalue weighted by Crippen LogP contribution is -2.52. The minimum Gasteiger partial charge on any atom is -0.376 e. The van der Waals surface area contributed by atoms with Crippen molar-refractivity contribution in [3.05, 3.63) is 60.3 Å². The number of rotatable bonds is 4. The number of benzene rings is 1. The number of nitrogens with zero attached hydrogens (tertiary/aromatic N) is 3. The standard InChI is InChI=1S/C19H20F3N3O2/c20-19(21,22)18(27,15-6-2-1-3-7-15)14-17(26)25-12-10-24(11-13-25)16-8-4-5-9-23-16/h1-9,27H,10-14H2/t18-/m0/s1. The monoisotopic (exact) mass is 379 g/mol. The molecule has 144 valence electrons. The van der Waals surface area contributed by atoms with Crippen molar-refractivity contribution >= 4 is 11.7 Å². The first-order valence-corrected chi connectivity index (χ1v) is 8.60. The highest BCUT2D eigenvalue weighted by Gasteiger charge is 2.56. The molecule has 1 aromatic carbocycles. The quantitative estimate of drug-likeness (QED) is 0.887. The summed E-state index contributed by atoms with van der Waals surface area (Å²) in [6.07, 6.45) is -4.33. The van der Waals surface area contributed by atoms with E-state index in [1.807, 2.05) is 17.0 Å². The summed E-state index contributed by atoms with van der Waals surface area (Å²) in [4.78, 5) is 20.1. The van der Waals surface area contributed by atoms with Gasteiger partial charge in [-0.15, -0.1) is 0 Å². The van der Waals surface area contributed by atoms with Crippen LogP contribution < -0.4 is 4.90 Å². The maximum atomic E-state index is 13.6. The number of piperazine rings is 1. The Morgan fingerprint density at radius 3 is 2.19 bits per heavy atom. The molecule has 0 saturated carbocycles. The fourth-order valence-corrected chi connectivity index (χ4v) is 3.14. The van der Waals surface area contributed by atoms with Crippen LogP contribution in [0, 0.1) is 0 Å². The van der Waals surface area contributed by atoms with Gasteiger partial charge in [0.15, 0.2) is 5.60 Å². The molecule has 0 unspecified atom stereocenters. The van der Waals surface area contributed by atoms with Gasteiger partial charge in [-0.3, -0.25) is 4.79 Å². The van der Waals surface area contributed by atoms with Crippen molar-refractivity contribution in [2.24, 2.45) is 0 Å². The Morgan fingerprint density at radius 1 is 1.00 bits per heavy atom. The predicted molar refractivity (Wildman–Crippen MR) is 94.0 cm³/mol. The molecule has 1 N–H and O–H groups in total. The molecule has 27 heavy (non-hydrogen) atoms. The van der Waals surface area contributed by atoms with Crippen molar-refractivity contribution in [3.63, 3.8) is 0 Å². The van der Waals surface area contributed by atoms with Gasteiger partial charge in [-0.2, -0.15) is 13.2 Å². The Bertz CT molecular complexity index is 763. The van der Waals surface area contributed by atoms with Crippen molar-refractivity contribution in [1.29, 1.82) is 0 Å². The maximum Gasteiger partial charge on any atom is 0.421 e. The summed E-state index contributed by atoms with van der Waals surface area (Å²) in [7, 11) is 0. The van der Waals surface area contributed by atoms with E-state index in [4.69, 9.17) is 0 Å². The molecule has 2 heterocycles. The van der Waals surface area contributed by atoms with E-state index in [0.717, 1.165) is 5.82 Å². The largest absolute Gasteiger partial charge is 0.421 e. The fraction of sp³-hybridized carbons (Fsp3) is 0.368. The molecule has 1 amide bonds. The van der Waals surface area contributed by atoms with Gasteiger partial charge in [0.2, 0.25) is 5.91 Å². The number of aromatic nitrogens is 1. The van der Waals surface area contributed by atoms with Crippen molar-refractivity contribution < 1.29 is 23.1 Å². The normalized spacial score (nSPS) is 17.5. The first kappa shape index (κ1) is 19.2. The van der Waals surface area contributed by atoms with E-state index < -0.39 is 24.1 Å². The van der Waals surface area contributed by atoms with Crippen LogP contribution in [0.1, 0.15) is 12.0 Å². The summed E-state index contributed by atoms with van der Waals surface area (Å²) in [5.74, 6) is 0.0417. The topological polar surface area (TPSA) is 56.7 Å². The molecule has 0 spiro atoms. The van der Waals surface area contributed by atoms with Crippen LogP contribution in [0.3, 0.4) is 0 Å². The van der Waals surface area contributed by atoms with E-state index in [0.29, 0.717) is 13.1 Å². The third kappa shape index (κ3) is 4.05. The molecule has 1 fully saturated rings. The number of anilines is 1. The second-order valence-corrected chi connectivity index (χ2v) is 6.46. The molecule has 1 aliphatic rings. The zero-order valence-corrected chi connectivity index (χ0v) is 14.6. The summed E-state index contributed by atoms with van der Waals surface area (Å²) in [6, 6.07) is 12.2. The second kappa shape index (κ2) is 7.56. The van der Waals surface area contributed by atoms with Gasteiger partial charge in [0.1, 0.15) is 5.82 Å². The fourth-order valence-electron chi connectivity index (χ4n) is 3.14. The Morgan fingerprint density at radius 2 is 1.63 bits per heavy atom. The number of pyridine rings is 1. The number of amides is 1. The summed E-state index contributed by atoms with van der Waals surface area (Å²) >= 11 is 0. The highest BCUT2D eigenvalue weighted by atomic mass is 19.4. The molecule has 1 aromatic heterocycles. The second-order valence-electron chi connectivity index (χ2n) is 6.46. The van der Waals surface area contributed by atoms with Gasteiger partial charge in [0, 0.05) is 32.4 Å². The van der Waals surface area contributed by atoms with E-state index >= 15 is 0 Å². The minimum atomic E-state index is -4.96. The van der Waals surface area contributed by atoms with E-state index in [1.165, 1.54) is 29.2 Å². The number of aliphatic hydroxyl groups is 1. The zero-order valence-electron chi connectivity index (χ0n) is 14.6. The molecule has 8 heteroatoms. The smallest absolute Gasteiger partial charge is 0.376 e. The number of carbonyl (C=O) groups excluding carboxylic acids is 1. The van der Waals surface area contributed by atoms with Gasteiger partial charge in [-0.25, -0.2) is 4.98 Å². The van der Waals surface area contributed by atoms with Crippen LogP contribution in [-0.2, 0) is 10.4 Å². The summed E-state index contributed by atoms with van der Waals surface area (Å²) in [6.45, 7) is 1.49. The third-order valence-corrected chi connectivity index (χ3v) is 4.73. The molecule has 0 aliphatic carbocycles. The lowest BCUT2D eigenvalue weighted by atomic mass is 9.89. The van der Waals surface area contributed by atoms with E-state index in [2.05, 4.69) is 4.98 Å². The average molecular weight is 379 g/mol. The van der Waals surface area contributed by atoms with Crippen LogP contribution in [0.15, 0.2) is 54.7 Å². The average Bonchev–Trinajstić information content (AvgIpc) is 2.68. The molecular formula is C19H20F3N3O2. The highest BCUT2D eigenvalue weighted by molar-refractivity contribution is 5.78. The number of halogens is 3. The van der Waals surface area contributed by atoms with E-state index in [-0.39, 0.29) is 18.7 Å². The molecule has 3 rings (SSSR count). The van der Waals surface area contributed by atoms with Crippen LogP contribution in [-0.4, -0.2) is 53.3 Å². The molecule has 1 saturated heterocycles. The maximum absolute atomic E-state index is 13.6. The van der Waals surface area contributed by atoms with Crippen LogP contribution in [0.2, 0.25) is 0 Å². The van der Waals surface area contributed by atoms with Crippen molar-refractivity contribution in [2.75, 3.05) is 31.1 Å². The molecule has 1 atom stereocenters. The first-order chi connectivity index (χ1) is 12.8. The van der Waals surface area contributed by atoms with Crippen molar-refractivity contribution in [2.45, 2.75) is 18.2 Å². The lowest BCUT2D eigenvalue weighted by Gasteiger charge is -2.37. The highest BCUT2D eigenvalue weighted by Crippen LogP contribution is 2.42.